The summed E-state index contributed by atoms with van der Waals surface area (Å²) in [6, 6.07) is 2.74. The number of nitro benzene ring substituents is 1. The first-order chi connectivity index (χ1) is 8.54. The number of hydrogen-bond acceptors (Lipinski definition) is 5. The first-order valence-electron chi connectivity index (χ1n) is 5.01. The minimum Gasteiger partial charge on any atom is -0.496 e. The van der Waals surface area contributed by atoms with Crippen molar-refractivity contribution in [2.75, 3.05) is 14.2 Å². The Morgan fingerprint density at radius 3 is 2.50 bits per heavy atom. The van der Waals surface area contributed by atoms with Gasteiger partial charge in [0.2, 0.25) is 0 Å². The lowest BCUT2D eigenvalue weighted by molar-refractivity contribution is -0.385. The summed E-state index contributed by atoms with van der Waals surface area (Å²) < 4.78 is 9.62. The summed E-state index contributed by atoms with van der Waals surface area (Å²) in [5.41, 5.74) is 0.518. The molecular weight excluding hydrogens is 262 g/mol. The van der Waals surface area contributed by atoms with Gasteiger partial charge >= 0.3 is 5.97 Å². The maximum atomic E-state index is 11.3. The van der Waals surface area contributed by atoms with Crippen LogP contribution in [0.1, 0.15) is 11.1 Å². The lowest BCUT2D eigenvalue weighted by Gasteiger charge is -2.11. The molecule has 6 nitrogen and oxygen atoms in total. The molecular formula is C11H12ClNO5. The zero-order chi connectivity index (χ0) is 13.7. The van der Waals surface area contributed by atoms with Crippen LogP contribution in [0, 0.1) is 10.1 Å². The van der Waals surface area contributed by atoms with Crippen molar-refractivity contribution in [3.05, 3.63) is 33.4 Å². The predicted molar refractivity (Wildman–Crippen MR) is 64.9 cm³/mol. The van der Waals surface area contributed by atoms with Gasteiger partial charge in [0.15, 0.2) is 0 Å². The molecule has 18 heavy (non-hydrogen) atoms. The van der Waals surface area contributed by atoms with Crippen LogP contribution in [-0.4, -0.2) is 25.1 Å². The van der Waals surface area contributed by atoms with Crippen LogP contribution in [0.5, 0.6) is 5.75 Å². The number of nitro groups is 1. The first kappa shape index (κ1) is 14.2. The summed E-state index contributed by atoms with van der Waals surface area (Å²) in [6.45, 7) is 0. The predicted octanol–water partition coefficient (Wildman–Crippen LogP) is 2.06. The van der Waals surface area contributed by atoms with Crippen molar-refractivity contribution in [3.8, 4) is 5.75 Å². The fourth-order valence-corrected chi connectivity index (χ4v) is 1.88. The van der Waals surface area contributed by atoms with Gasteiger partial charge in [0.1, 0.15) is 5.75 Å². The van der Waals surface area contributed by atoms with Crippen molar-refractivity contribution in [2.24, 2.45) is 0 Å². The van der Waals surface area contributed by atoms with E-state index in [-0.39, 0.29) is 23.6 Å². The van der Waals surface area contributed by atoms with Gasteiger partial charge in [0.05, 0.1) is 37.0 Å². The van der Waals surface area contributed by atoms with Gasteiger partial charge < -0.3 is 9.47 Å². The second-order valence-corrected chi connectivity index (χ2v) is 3.65. The molecule has 0 spiro atoms. The van der Waals surface area contributed by atoms with Crippen molar-refractivity contribution >= 4 is 23.3 Å². The monoisotopic (exact) mass is 273 g/mol. The number of halogens is 1. The van der Waals surface area contributed by atoms with Crippen LogP contribution in [0.15, 0.2) is 12.1 Å². The Labute approximate surface area is 109 Å². The largest absolute Gasteiger partial charge is 0.496 e. The molecule has 0 heterocycles. The third kappa shape index (κ3) is 2.89. The summed E-state index contributed by atoms with van der Waals surface area (Å²) in [5, 5.41) is 10.9. The summed E-state index contributed by atoms with van der Waals surface area (Å²) in [7, 11) is 2.66. The minimum absolute atomic E-state index is 0.0835. The molecule has 0 aliphatic heterocycles. The van der Waals surface area contributed by atoms with Crippen LogP contribution < -0.4 is 4.74 Å². The third-order valence-corrected chi connectivity index (χ3v) is 2.73. The zero-order valence-corrected chi connectivity index (χ0v) is 10.7. The van der Waals surface area contributed by atoms with Gasteiger partial charge in [0.25, 0.3) is 5.69 Å². The summed E-state index contributed by atoms with van der Waals surface area (Å²) >= 11 is 5.72. The van der Waals surface area contributed by atoms with Gasteiger partial charge in [-0.15, -0.1) is 11.6 Å². The van der Waals surface area contributed by atoms with E-state index in [2.05, 4.69) is 4.74 Å². The average molecular weight is 274 g/mol. The van der Waals surface area contributed by atoms with Crippen LogP contribution in [-0.2, 0) is 21.8 Å². The van der Waals surface area contributed by atoms with E-state index in [1.807, 2.05) is 0 Å². The van der Waals surface area contributed by atoms with Gasteiger partial charge in [-0.2, -0.15) is 0 Å². The molecule has 0 unspecified atom stereocenters. The van der Waals surface area contributed by atoms with Crippen molar-refractivity contribution < 1.29 is 19.2 Å². The third-order valence-electron chi connectivity index (χ3n) is 2.46. The standard InChI is InChI=1S/C11H12ClNO5/c1-17-10-4-3-9(13(15)16)8(6-12)7(10)5-11(14)18-2/h3-4H,5-6H2,1-2H3. The number of nitrogens with zero attached hydrogens (tertiary/aromatic N) is 1. The van der Waals surface area contributed by atoms with E-state index in [0.717, 1.165) is 0 Å². The molecule has 7 heteroatoms. The Balaban J connectivity index is 3.36. The van der Waals surface area contributed by atoms with E-state index in [9.17, 15) is 14.9 Å². The highest BCUT2D eigenvalue weighted by molar-refractivity contribution is 6.17. The van der Waals surface area contributed by atoms with E-state index in [1.165, 1.54) is 26.4 Å². The molecule has 0 saturated carbocycles. The maximum absolute atomic E-state index is 11.3. The van der Waals surface area contributed by atoms with Gasteiger partial charge in [-0.3, -0.25) is 14.9 Å². The topological polar surface area (TPSA) is 78.7 Å². The highest BCUT2D eigenvalue weighted by Gasteiger charge is 2.22. The lowest BCUT2D eigenvalue weighted by atomic mass is 10.0. The van der Waals surface area contributed by atoms with Crippen molar-refractivity contribution in [3.63, 3.8) is 0 Å². The summed E-state index contributed by atoms with van der Waals surface area (Å²) in [4.78, 5) is 21.6. The minimum atomic E-state index is -0.544. The van der Waals surface area contributed by atoms with E-state index in [1.54, 1.807) is 0 Å². The van der Waals surface area contributed by atoms with Crippen molar-refractivity contribution in [2.45, 2.75) is 12.3 Å². The number of hydrogen-bond donors (Lipinski definition) is 0. The highest BCUT2D eigenvalue weighted by atomic mass is 35.5. The van der Waals surface area contributed by atoms with Gasteiger partial charge in [-0.25, -0.2) is 0 Å². The maximum Gasteiger partial charge on any atom is 0.310 e. The molecule has 0 fully saturated rings. The molecule has 1 aromatic carbocycles. The second kappa shape index (κ2) is 6.20. The van der Waals surface area contributed by atoms with Crippen LogP contribution in [0.2, 0.25) is 0 Å². The number of ether oxygens (including phenoxy) is 2. The highest BCUT2D eigenvalue weighted by Crippen LogP contribution is 2.32. The molecule has 0 N–H and O–H groups in total. The lowest BCUT2D eigenvalue weighted by Crippen LogP contribution is -2.09. The quantitative estimate of drug-likeness (QED) is 0.355. The summed E-state index contributed by atoms with van der Waals surface area (Å²) in [5.74, 6) is -0.221. The Morgan fingerprint density at radius 2 is 2.06 bits per heavy atom. The fraction of sp³-hybridized carbons (Fsp3) is 0.364. The van der Waals surface area contributed by atoms with E-state index >= 15 is 0 Å². The number of rotatable bonds is 5. The molecule has 0 aliphatic rings. The number of alkyl halides is 1. The SMILES string of the molecule is COC(=O)Cc1c(OC)ccc([N+](=O)[O-])c1CCl. The molecule has 0 amide bonds. The van der Waals surface area contributed by atoms with Crippen molar-refractivity contribution in [1.29, 1.82) is 0 Å². The number of esters is 1. The van der Waals surface area contributed by atoms with Gasteiger partial charge in [-0.05, 0) is 6.07 Å². The molecule has 0 bridgehead atoms. The Bertz CT molecular complexity index is 475. The molecule has 0 aromatic heterocycles. The van der Waals surface area contributed by atoms with Crippen LogP contribution in [0.4, 0.5) is 5.69 Å². The first-order valence-corrected chi connectivity index (χ1v) is 5.54. The molecule has 1 rings (SSSR count). The number of carbonyl (C=O) groups is 1. The molecule has 0 radical (unpaired) electrons. The van der Waals surface area contributed by atoms with Crippen molar-refractivity contribution in [1.82, 2.24) is 0 Å². The fourth-order valence-electron chi connectivity index (χ4n) is 1.58. The van der Waals surface area contributed by atoms with E-state index < -0.39 is 10.9 Å². The summed E-state index contributed by atoms with van der Waals surface area (Å²) in [6.07, 6.45) is -0.122. The Kier molecular flexibility index (Phi) is 4.91. The Morgan fingerprint density at radius 1 is 1.39 bits per heavy atom. The van der Waals surface area contributed by atoms with E-state index in [4.69, 9.17) is 16.3 Å². The van der Waals surface area contributed by atoms with E-state index in [0.29, 0.717) is 11.3 Å². The Hall–Kier alpha value is -1.82. The van der Waals surface area contributed by atoms with Gasteiger partial charge in [-0.1, -0.05) is 0 Å². The second-order valence-electron chi connectivity index (χ2n) is 3.39. The number of methoxy groups -OCH3 is 2. The van der Waals surface area contributed by atoms with Crippen LogP contribution >= 0.6 is 11.6 Å². The molecule has 1 aromatic rings. The number of benzene rings is 1. The molecule has 0 aliphatic carbocycles. The average Bonchev–Trinajstić information content (AvgIpc) is 2.37. The van der Waals surface area contributed by atoms with Crippen LogP contribution in [0.3, 0.4) is 0 Å². The molecule has 0 saturated heterocycles. The van der Waals surface area contributed by atoms with Crippen LogP contribution in [0.25, 0.3) is 0 Å². The smallest absolute Gasteiger partial charge is 0.310 e. The normalized spacial score (nSPS) is 9.94. The number of carbonyl (C=O) groups excluding carboxylic acids is 1. The molecule has 98 valence electrons. The zero-order valence-electron chi connectivity index (χ0n) is 9.94. The van der Waals surface area contributed by atoms with Gasteiger partial charge in [0, 0.05) is 11.6 Å². The molecule has 0 atom stereocenters.